The number of hydrogen-bond acceptors (Lipinski definition) is 7. The Morgan fingerprint density at radius 3 is 2.60 bits per heavy atom. The molecule has 1 aliphatic rings. The first-order valence-electron chi connectivity index (χ1n) is 3.81. The first kappa shape index (κ1) is 11.9. The highest BCUT2D eigenvalue weighted by Gasteiger charge is 2.46. The van der Waals surface area contributed by atoms with Crippen LogP contribution in [0.5, 0.6) is 0 Å². The molecule has 6 N–H and O–H groups in total. The van der Waals surface area contributed by atoms with Gasteiger partial charge in [0.25, 0.3) is 0 Å². The molecule has 0 spiro atoms. The highest BCUT2D eigenvalue weighted by molar-refractivity contribution is 7.80. The summed E-state index contributed by atoms with van der Waals surface area (Å²) in [5, 5.41) is 16.2. The van der Waals surface area contributed by atoms with Crippen molar-refractivity contribution in [2.45, 2.75) is 0 Å². The average molecular weight is 239 g/mol. The van der Waals surface area contributed by atoms with Crippen LogP contribution >= 0.6 is 0 Å². The van der Waals surface area contributed by atoms with E-state index in [0.717, 1.165) is 6.20 Å². The molecule has 9 nitrogen and oxygen atoms in total. The van der Waals surface area contributed by atoms with Crippen molar-refractivity contribution in [2.24, 2.45) is 5.73 Å². The molecule has 1 heterocycles. The molecule has 0 fully saturated rings. The van der Waals surface area contributed by atoms with E-state index in [-0.39, 0.29) is 12.2 Å². The number of amidine groups is 1. The van der Waals surface area contributed by atoms with Gasteiger partial charge in [0.1, 0.15) is 5.70 Å². The normalized spacial score (nSPS) is 26.3. The zero-order chi connectivity index (χ0) is 11.7. The fourth-order valence-corrected chi connectivity index (χ4v) is 1.60. The van der Waals surface area contributed by atoms with Crippen LogP contribution in [0.15, 0.2) is 11.9 Å². The van der Waals surface area contributed by atoms with Gasteiger partial charge >= 0.3 is 16.2 Å². The molecule has 1 aliphatic heterocycles. The molecular formula is C5H11N4O5S+. The number of aliphatic hydroxyl groups is 1. The molecule has 1 rings (SSSR count). The second-order valence-electron chi connectivity index (χ2n) is 2.77. The Bertz CT molecular complexity index is 404. The Hall–Kier alpha value is -1.20. The molecule has 0 saturated heterocycles. The molecular weight excluding hydrogens is 228 g/mol. The van der Waals surface area contributed by atoms with Crippen molar-refractivity contribution in [1.82, 2.24) is 5.43 Å². The van der Waals surface area contributed by atoms with Gasteiger partial charge in [-0.25, -0.2) is 10.8 Å². The maximum Gasteiger partial charge on any atom is 0.444 e. The minimum atomic E-state index is -4.78. The number of nitrogens with two attached hydrogens (primary N) is 1. The standard InChI is InChI=1S/C5H10N4O5S/c6-4-3-8-9(1-2-10,5(4)7)14-15(11,12)13/h3,7-8,10H,1-2,6H2/p+1/t9-/m1/s1. The van der Waals surface area contributed by atoms with Gasteiger partial charge in [0.05, 0.1) is 12.8 Å². The summed E-state index contributed by atoms with van der Waals surface area (Å²) in [5.41, 5.74) is 7.61. The molecule has 0 aromatic carbocycles. The summed E-state index contributed by atoms with van der Waals surface area (Å²) < 4.78 is 32.8. The van der Waals surface area contributed by atoms with Gasteiger partial charge in [0.15, 0.2) is 6.54 Å². The van der Waals surface area contributed by atoms with E-state index in [4.69, 9.17) is 20.8 Å². The van der Waals surface area contributed by atoms with Crippen molar-refractivity contribution in [1.29, 1.82) is 5.41 Å². The van der Waals surface area contributed by atoms with Crippen LogP contribution in [0, 0.1) is 5.41 Å². The largest absolute Gasteiger partial charge is 0.444 e. The minimum absolute atomic E-state index is 0.0490. The Morgan fingerprint density at radius 1 is 1.67 bits per heavy atom. The van der Waals surface area contributed by atoms with Gasteiger partial charge in [-0.3, -0.25) is 4.55 Å². The smallest absolute Gasteiger partial charge is 0.391 e. The van der Waals surface area contributed by atoms with Gasteiger partial charge in [-0.2, -0.15) is 8.42 Å². The lowest BCUT2D eigenvalue weighted by atomic mass is 10.4. The highest BCUT2D eigenvalue weighted by atomic mass is 32.3. The molecule has 10 heteroatoms. The fraction of sp³-hybridized carbons (Fsp3) is 0.400. The van der Waals surface area contributed by atoms with E-state index in [1.165, 1.54) is 0 Å². The lowest BCUT2D eigenvalue weighted by Gasteiger charge is -2.25. The van der Waals surface area contributed by atoms with Crippen molar-refractivity contribution in [3.05, 3.63) is 11.9 Å². The zero-order valence-electron chi connectivity index (χ0n) is 7.54. The third-order valence-corrected chi connectivity index (χ3v) is 2.14. The fourth-order valence-electron chi connectivity index (χ4n) is 1.09. The molecule has 0 saturated carbocycles. The highest BCUT2D eigenvalue weighted by Crippen LogP contribution is 2.16. The summed E-state index contributed by atoms with van der Waals surface area (Å²) in [5.74, 6) is -0.415. The lowest BCUT2D eigenvalue weighted by molar-refractivity contribution is -1.04. The number of nitrogens with zero attached hydrogens (tertiary/aromatic N) is 1. The van der Waals surface area contributed by atoms with Crippen LogP contribution in [0.2, 0.25) is 0 Å². The SMILES string of the molecule is N=C1C(N)=CN[N@+]1(CCO)OS(=O)(=O)O. The van der Waals surface area contributed by atoms with E-state index < -0.39 is 27.6 Å². The first-order chi connectivity index (χ1) is 6.81. The Kier molecular flexibility index (Phi) is 2.97. The Morgan fingerprint density at radius 2 is 2.27 bits per heavy atom. The maximum atomic E-state index is 10.6. The average Bonchev–Trinajstić information content (AvgIpc) is 2.32. The van der Waals surface area contributed by atoms with Gasteiger partial charge in [-0.1, -0.05) is 0 Å². The maximum absolute atomic E-state index is 10.6. The summed E-state index contributed by atoms with van der Waals surface area (Å²) in [6.45, 7) is -0.762. The van der Waals surface area contributed by atoms with E-state index in [2.05, 4.69) is 9.71 Å². The van der Waals surface area contributed by atoms with Gasteiger partial charge in [0.2, 0.25) is 0 Å². The van der Waals surface area contributed by atoms with E-state index >= 15 is 0 Å². The summed E-state index contributed by atoms with van der Waals surface area (Å²) in [4.78, 5) is 0. The number of quaternary nitrogens is 1. The molecule has 0 aliphatic carbocycles. The quantitative estimate of drug-likeness (QED) is 0.277. The van der Waals surface area contributed by atoms with Gasteiger partial charge in [-0.15, -0.1) is 0 Å². The predicted octanol–water partition coefficient (Wildman–Crippen LogP) is -2.17. The summed E-state index contributed by atoms with van der Waals surface area (Å²) >= 11 is 0. The molecule has 15 heavy (non-hydrogen) atoms. The Labute approximate surface area is 85.7 Å². The third-order valence-electron chi connectivity index (χ3n) is 1.70. The van der Waals surface area contributed by atoms with Gasteiger partial charge in [0, 0.05) is 0 Å². The summed E-state index contributed by atoms with van der Waals surface area (Å²) in [6, 6.07) is 0. The molecule has 0 unspecified atom stereocenters. The van der Waals surface area contributed by atoms with Crippen molar-refractivity contribution in [3.63, 3.8) is 0 Å². The van der Waals surface area contributed by atoms with Crippen LogP contribution in [0.1, 0.15) is 0 Å². The van der Waals surface area contributed by atoms with Crippen molar-refractivity contribution in [3.8, 4) is 0 Å². The summed E-state index contributed by atoms with van der Waals surface area (Å²) in [7, 11) is -4.78. The van der Waals surface area contributed by atoms with Crippen LogP contribution in [0.3, 0.4) is 0 Å². The second-order valence-corrected chi connectivity index (χ2v) is 3.77. The van der Waals surface area contributed by atoms with Crippen LogP contribution in [0.4, 0.5) is 0 Å². The minimum Gasteiger partial charge on any atom is -0.391 e. The molecule has 0 aromatic rings. The van der Waals surface area contributed by atoms with Crippen molar-refractivity contribution < 1.29 is 27.1 Å². The summed E-state index contributed by atoms with van der Waals surface area (Å²) in [6.07, 6.45) is 1.14. The van der Waals surface area contributed by atoms with Crippen LogP contribution in [-0.2, 0) is 14.7 Å². The molecule has 0 radical (unpaired) electrons. The monoisotopic (exact) mass is 239 g/mol. The van der Waals surface area contributed by atoms with Crippen LogP contribution in [-0.4, -0.2) is 41.8 Å². The number of nitrogens with one attached hydrogen (secondary N) is 2. The number of aliphatic hydroxyl groups excluding tert-OH is 1. The number of hydroxylamine groups is 2. The van der Waals surface area contributed by atoms with Gasteiger partial charge < -0.3 is 10.8 Å². The van der Waals surface area contributed by atoms with Crippen molar-refractivity contribution >= 4 is 16.2 Å². The zero-order valence-corrected chi connectivity index (χ0v) is 8.36. The van der Waals surface area contributed by atoms with E-state index in [9.17, 15) is 8.42 Å². The molecule has 1 atom stereocenters. The topological polar surface area (TPSA) is 146 Å². The molecule has 0 aromatic heterocycles. The molecule has 86 valence electrons. The second kappa shape index (κ2) is 3.75. The van der Waals surface area contributed by atoms with E-state index in [1.807, 2.05) is 0 Å². The van der Waals surface area contributed by atoms with Gasteiger partial charge in [-0.05, 0) is 9.04 Å². The Balaban J connectivity index is 2.97. The molecule has 0 amide bonds. The molecule has 0 bridgehead atoms. The number of rotatable bonds is 4. The van der Waals surface area contributed by atoms with E-state index in [1.54, 1.807) is 0 Å². The predicted molar refractivity (Wildman–Crippen MR) is 48.0 cm³/mol. The first-order valence-corrected chi connectivity index (χ1v) is 5.18. The van der Waals surface area contributed by atoms with Crippen molar-refractivity contribution in [2.75, 3.05) is 13.2 Å². The van der Waals surface area contributed by atoms with Crippen LogP contribution < -0.4 is 11.2 Å². The lowest BCUT2D eigenvalue weighted by Crippen LogP contribution is -2.59. The van der Waals surface area contributed by atoms with E-state index in [0.29, 0.717) is 0 Å². The third kappa shape index (κ3) is 2.43. The number of hydrogen-bond donors (Lipinski definition) is 5. The van der Waals surface area contributed by atoms with Crippen LogP contribution in [0.25, 0.3) is 0 Å².